The summed E-state index contributed by atoms with van der Waals surface area (Å²) in [7, 11) is 0. The van der Waals surface area contributed by atoms with Gasteiger partial charge in [0.05, 0.1) is 4.91 Å². The number of rotatable bonds is 3. The van der Waals surface area contributed by atoms with Gasteiger partial charge in [-0.2, -0.15) is 0 Å². The average Bonchev–Trinajstić information content (AvgIpc) is 2.59. The average molecular weight is 261 g/mol. The molecule has 4 heteroatoms. The molecule has 1 aliphatic rings. The summed E-state index contributed by atoms with van der Waals surface area (Å²) < 4.78 is 0. The predicted octanol–water partition coefficient (Wildman–Crippen LogP) is 3.21. The zero-order valence-corrected chi connectivity index (χ0v) is 11.2. The van der Waals surface area contributed by atoms with Gasteiger partial charge in [-0.05, 0) is 41.3 Å². The van der Waals surface area contributed by atoms with Crippen molar-refractivity contribution in [2.75, 3.05) is 0 Å². The third kappa shape index (κ3) is 3.23. The lowest BCUT2D eigenvalue weighted by Gasteiger charge is -2.04. The van der Waals surface area contributed by atoms with Crippen molar-refractivity contribution in [1.29, 1.82) is 0 Å². The first-order chi connectivity index (χ1) is 8.54. The van der Waals surface area contributed by atoms with Crippen molar-refractivity contribution in [2.24, 2.45) is 5.92 Å². The van der Waals surface area contributed by atoms with Crippen LogP contribution in [0.15, 0.2) is 29.2 Å². The number of hydrogen-bond acceptors (Lipinski definition) is 3. The Morgan fingerprint density at radius 2 is 1.89 bits per heavy atom. The molecule has 0 bridgehead atoms. The van der Waals surface area contributed by atoms with Gasteiger partial charge in [0.1, 0.15) is 0 Å². The van der Waals surface area contributed by atoms with E-state index in [2.05, 4.69) is 31.3 Å². The Hall–Kier alpha value is -1.55. The molecule has 0 atom stereocenters. The Bertz CT molecular complexity index is 503. The molecule has 1 saturated heterocycles. The van der Waals surface area contributed by atoms with Gasteiger partial charge in [0.15, 0.2) is 0 Å². The summed E-state index contributed by atoms with van der Waals surface area (Å²) in [6, 6.07) is 8.07. The first kappa shape index (κ1) is 12.9. The lowest BCUT2D eigenvalue weighted by molar-refractivity contribution is -0.115. The van der Waals surface area contributed by atoms with Crippen LogP contribution in [0.25, 0.3) is 6.08 Å². The molecule has 1 aromatic carbocycles. The summed E-state index contributed by atoms with van der Waals surface area (Å²) in [6.07, 6.45) is 2.79. The number of thioether (sulfide) groups is 1. The predicted molar refractivity (Wildman–Crippen MR) is 74.1 cm³/mol. The molecule has 2 amide bonds. The molecule has 2 rings (SSSR count). The van der Waals surface area contributed by atoms with E-state index in [-0.39, 0.29) is 11.1 Å². The molecule has 0 unspecified atom stereocenters. The first-order valence-corrected chi connectivity index (χ1v) is 6.70. The number of carbonyl (C=O) groups excluding carboxylic acids is 2. The van der Waals surface area contributed by atoms with Crippen LogP contribution in [0.1, 0.15) is 25.0 Å². The van der Waals surface area contributed by atoms with Gasteiger partial charge >= 0.3 is 0 Å². The van der Waals surface area contributed by atoms with E-state index in [0.717, 1.165) is 23.7 Å². The molecule has 0 saturated carbocycles. The first-order valence-electron chi connectivity index (χ1n) is 5.88. The highest BCUT2D eigenvalue weighted by molar-refractivity contribution is 8.18. The Labute approximate surface area is 111 Å². The van der Waals surface area contributed by atoms with Crippen molar-refractivity contribution in [3.05, 3.63) is 40.3 Å². The Balaban J connectivity index is 2.13. The highest BCUT2D eigenvalue weighted by Crippen LogP contribution is 2.25. The van der Waals surface area contributed by atoms with E-state index in [1.807, 2.05) is 12.1 Å². The molecule has 94 valence electrons. The molecule has 18 heavy (non-hydrogen) atoms. The summed E-state index contributed by atoms with van der Waals surface area (Å²) in [6.45, 7) is 4.36. The molecule has 0 aromatic heterocycles. The van der Waals surface area contributed by atoms with Gasteiger partial charge in [-0.25, -0.2) is 0 Å². The second-order valence-electron chi connectivity index (χ2n) is 4.69. The van der Waals surface area contributed by atoms with Crippen molar-refractivity contribution in [3.63, 3.8) is 0 Å². The van der Waals surface area contributed by atoms with Gasteiger partial charge < -0.3 is 0 Å². The number of amides is 2. The third-order valence-electron chi connectivity index (χ3n) is 2.56. The van der Waals surface area contributed by atoms with E-state index < -0.39 is 0 Å². The topological polar surface area (TPSA) is 46.2 Å². The molecule has 1 N–H and O–H groups in total. The minimum atomic E-state index is -0.309. The molecular formula is C14H15NO2S. The monoisotopic (exact) mass is 261 g/mol. The van der Waals surface area contributed by atoms with Crippen molar-refractivity contribution < 1.29 is 9.59 Å². The van der Waals surface area contributed by atoms with Crippen LogP contribution in [-0.2, 0) is 11.2 Å². The summed E-state index contributed by atoms with van der Waals surface area (Å²) >= 11 is 0.945. The summed E-state index contributed by atoms with van der Waals surface area (Å²) in [5, 5.41) is 1.94. The smallest absolute Gasteiger partial charge is 0.282 e. The van der Waals surface area contributed by atoms with Crippen LogP contribution < -0.4 is 5.32 Å². The second kappa shape index (κ2) is 5.40. The number of nitrogens with one attached hydrogen (secondary N) is 1. The quantitative estimate of drug-likeness (QED) is 0.850. The van der Waals surface area contributed by atoms with Crippen LogP contribution in [0.3, 0.4) is 0 Å². The molecule has 3 nitrogen and oxygen atoms in total. The third-order valence-corrected chi connectivity index (χ3v) is 3.37. The maximum atomic E-state index is 11.4. The van der Waals surface area contributed by atoms with E-state index in [0.29, 0.717) is 10.8 Å². The van der Waals surface area contributed by atoms with E-state index >= 15 is 0 Å². The number of imide groups is 1. The summed E-state index contributed by atoms with van der Waals surface area (Å²) in [4.78, 5) is 22.9. The molecule has 0 radical (unpaired) electrons. The highest BCUT2D eigenvalue weighted by Gasteiger charge is 2.24. The number of benzene rings is 1. The number of carbonyl (C=O) groups is 2. The molecule has 1 fully saturated rings. The maximum absolute atomic E-state index is 11.4. The van der Waals surface area contributed by atoms with Gasteiger partial charge in [-0.15, -0.1) is 0 Å². The molecule has 0 aliphatic carbocycles. The van der Waals surface area contributed by atoms with Crippen molar-refractivity contribution in [1.82, 2.24) is 5.32 Å². The van der Waals surface area contributed by atoms with E-state index in [9.17, 15) is 9.59 Å². The van der Waals surface area contributed by atoms with Crippen molar-refractivity contribution in [2.45, 2.75) is 20.3 Å². The van der Waals surface area contributed by atoms with Crippen LogP contribution >= 0.6 is 11.8 Å². The van der Waals surface area contributed by atoms with Crippen molar-refractivity contribution >= 4 is 29.0 Å². The molecule has 1 aromatic rings. The van der Waals surface area contributed by atoms with Gasteiger partial charge in [0.25, 0.3) is 11.1 Å². The highest BCUT2D eigenvalue weighted by atomic mass is 32.2. The maximum Gasteiger partial charge on any atom is 0.290 e. The van der Waals surface area contributed by atoms with E-state index in [1.165, 1.54) is 5.56 Å². The van der Waals surface area contributed by atoms with Crippen LogP contribution in [0.5, 0.6) is 0 Å². The Kier molecular flexibility index (Phi) is 3.87. The fraction of sp³-hybridized carbons (Fsp3) is 0.286. The fourth-order valence-electron chi connectivity index (χ4n) is 1.79. The standard InChI is InChI=1S/C14H15NO2S/c1-9(2)7-10-3-5-11(6-4-10)8-12-13(16)15-14(17)18-12/h3-6,8-9H,7H2,1-2H3,(H,15,16,17)/b12-8+. The van der Waals surface area contributed by atoms with Crippen LogP contribution in [-0.4, -0.2) is 11.1 Å². The molecule has 1 aliphatic heterocycles. The molecule has 1 heterocycles. The van der Waals surface area contributed by atoms with Crippen molar-refractivity contribution in [3.8, 4) is 0 Å². The Morgan fingerprint density at radius 1 is 1.22 bits per heavy atom. The van der Waals surface area contributed by atoms with Gasteiger partial charge in [-0.3, -0.25) is 14.9 Å². The van der Waals surface area contributed by atoms with Crippen LogP contribution in [0.2, 0.25) is 0 Å². The van der Waals surface area contributed by atoms with E-state index in [1.54, 1.807) is 6.08 Å². The number of hydrogen-bond donors (Lipinski definition) is 1. The van der Waals surface area contributed by atoms with Gasteiger partial charge in [0, 0.05) is 0 Å². The van der Waals surface area contributed by atoms with Gasteiger partial charge in [-0.1, -0.05) is 38.1 Å². The Morgan fingerprint density at radius 3 is 2.39 bits per heavy atom. The SMILES string of the molecule is CC(C)Cc1ccc(/C=C2/SC(=O)NC2=O)cc1. The second-order valence-corrected chi connectivity index (χ2v) is 5.71. The van der Waals surface area contributed by atoms with Crippen LogP contribution in [0, 0.1) is 5.92 Å². The fourth-order valence-corrected chi connectivity index (χ4v) is 2.48. The summed E-state index contributed by atoms with van der Waals surface area (Å²) in [5.41, 5.74) is 2.22. The minimum absolute atomic E-state index is 0.303. The summed E-state index contributed by atoms with van der Waals surface area (Å²) in [5.74, 6) is 0.319. The molecular weight excluding hydrogens is 246 g/mol. The largest absolute Gasteiger partial charge is 0.290 e. The lowest BCUT2D eigenvalue weighted by Crippen LogP contribution is -2.17. The van der Waals surface area contributed by atoms with Gasteiger partial charge in [0.2, 0.25) is 0 Å². The lowest BCUT2D eigenvalue weighted by atomic mass is 10.0. The molecule has 0 spiro atoms. The van der Waals surface area contributed by atoms with E-state index in [4.69, 9.17) is 0 Å². The zero-order valence-electron chi connectivity index (χ0n) is 10.4. The minimum Gasteiger partial charge on any atom is -0.282 e. The zero-order chi connectivity index (χ0) is 13.1. The van der Waals surface area contributed by atoms with Crippen LogP contribution in [0.4, 0.5) is 4.79 Å². The normalized spacial score (nSPS) is 17.6.